The zero-order valence-electron chi connectivity index (χ0n) is 14.7. The maximum absolute atomic E-state index is 12.5. The lowest BCUT2D eigenvalue weighted by atomic mass is 10.3. The molecule has 0 spiro atoms. The van der Waals surface area contributed by atoms with Gasteiger partial charge in [0.2, 0.25) is 10.0 Å². The average molecular weight is 430 g/mol. The Morgan fingerprint density at radius 2 is 2.07 bits per heavy atom. The van der Waals surface area contributed by atoms with Crippen LogP contribution in [-0.2, 0) is 17.1 Å². The number of anilines is 1. The maximum atomic E-state index is 12.5. The Bertz CT molecular complexity index is 1040. The molecule has 0 bridgehead atoms. The monoisotopic (exact) mass is 429 g/mol. The average Bonchev–Trinajstić information content (AvgIpc) is 3.15. The number of halogens is 1. The minimum atomic E-state index is -3.66. The summed E-state index contributed by atoms with van der Waals surface area (Å²) < 4.78 is 28.5. The van der Waals surface area contributed by atoms with Crippen molar-refractivity contribution >= 4 is 55.6 Å². The summed E-state index contributed by atoms with van der Waals surface area (Å²) in [4.78, 5) is 14.0. The summed E-state index contributed by atoms with van der Waals surface area (Å²) in [6.07, 6.45) is 0. The van der Waals surface area contributed by atoms with Gasteiger partial charge in [0.1, 0.15) is 4.83 Å². The number of benzene rings is 1. The molecule has 1 amide bonds. The first-order chi connectivity index (χ1) is 12.3. The van der Waals surface area contributed by atoms with E-state index >= 15 is 0 Å². The van der Waals surface area contributed by atoms with Gasteiger partial charge in [-0.25, -0.2) is 13.1 Å². The number of aryl methyl sites for hydroxylation is 2. The first kappa shape index (κ1) is 21.3. The van der Waals surface area contributed by atoms with E-state index in [1.807, 2.05) is 14.0 Å². The van der Waals surface area contributed by atoms with E-state index in [-0.39, 0.29) is 36.3 Å². The van der Waals surface area contributed by atoms with Crippen LogP contribution in [0.1, 0.15) is 15.4 Å². The van der Waals surface area contributed by atoms with E-state index in [2.05, 4.69) is 15.1 Å². The van der Waals surface area contributed by atoms with Crippen molar-refractivity contribution in [2.24, 2.45) is 12.8 Å². The van der Waals surface area contributed by atoms with Gasteiger partial charge in [-0.15, -0.1) is 23.7 Å². The summed E-state index contributed by atoms with van der Waals surface area (Å²) in [7, 11) is -1.83. The molecule has 0 aliphatic carbocycles. The quantitative estimate of drug-likeness (QED) is 0.552. The van der Waals surface area contributed by atoms with Gasteiger partial charge in [0.05, 0.1) is 15.5 Å². The van der Waals surface area contributed by atoms with Gasteiger partial charge in [-0.1, -0.05) is 6.07 Å². The first-order valence-corrected chi connectivity index (χ1v) is 10.2. The van der Waals surface area contributed by atoms with Crippen LogP contribution in [0, 0.1) is 6.92 Å². The standard InChI is InChI=1S/C16H19N5O3S2.ClH/c1-10-13-9-14(25-16(13)21(2)20-10)15(22)19-11-4-3-5-12(8-11)26(23,24)18-7-6-17;/h3-5,8-9,18H,6-7,17H2,1-2H3,(H,19,22);1H. The maximum Gasteiger partial charge on any atom is 0.265 e. The molecule has 2 heterocycles. The molecule has 0 radical (unpaired) electrons. The molecule has 0 aliphatic rings. The lowest BCUT2D eigenvalue weighted by molar-refractivity contribution is 0.103. The molecule has 2 aromatic heterocycles. The Kier molecular flexibility index (Phi) is 6.60. The molecule has 11 heteroatoms. The Balaban J connectivity index is 0.00000261. The second-order valence-electron chi connectivity index (χ2n) is 5.71. The highest BCUT2D eigenvalue weighted by Crippen LogP contribution is 2.28. The number of sulfonamides is 1. The lowest BCUT2D eigenvalue weighted by Crippen LogP contribution is -2.29. The zero-order chi connectivity index (χ0) is 18.9. The van der Waals surface area contributed by atoms with Gasteiger partial charge >= 0.3 is 0 Å². The third-order valence-corrected chi connectivity index (χ3v) is 6.42. The lowest BCUT2D eigenvalue weighted by Gasteiger charge is -2.08. The highest BCUT2D eigenvalue weighted by atomic mass is 35.5. The molecule has 8 nitrogen and oxygen atoms in total. The molecule has 1 aromatic carbocycles. The second-order valence-corrected chi connectivity index (χ2v) is 8.50. The fourth-order valence-corrected chi connectivity index (χ4v) is 4.64. The third kappa shape index (κ3) is 4.47. The van der Waals surface area contributed by atoms with Crippen molar-refractivity contribution in [3.8, 4) is 0 Å². The fraction of sp³-hybridized carbons (Fsp3) is 0.250. The van der Waals surface area contributed by atoms with Gasteiger partial charge in [0, 0.05) is 31.2 Å². The van der Waals surface area contributed by atoms with E-state index < -0.39 is 10.0 Å². The van der Waals surface area contributed by atoms with Gasteiger partial charge in [0.25, 0.3) is 5.91 Å². The predicted molar refractivity (Wildman–Crippen MR) is 109 cm³/mol. The molecule has 4 N–H and O–H groups in total. The van der Waals surface area contributed by atoms with Crippen molar-refractivity contribution in [3.05, 3.63) is 40.9 Å². The third-order valence-electron chi connectivity index (χ3n) is 3.76. The second kappa shape index (κ2) is 8.36. The van der Waals surface area contributed by atoms with Crippen LogP contribution in [0.5, 0.6) is 0 Å². The molecule has 0 saturated carbocycles. The van der Waals surface area contributed by atoms with Crippen LogP contribution < -0.4 is 15.8 Å². The number of hydrogen-bond donors (Lipinski definition) is 3. The Labute approximate surface area is 167 Å². The molecule has 0 atom stereocenters. The normalized spacial score (nSPS) is 11.4. The zero-order valence-corrected chi connectivity index (χ0v) is 17.2. The van der Waals surface area contributed by atoms with Crippen molar-refractivity contribution in [2.75, 3.05) is 18.4 Å². The van der Waals surface area contributed by atoms with Crippen LogP contribution in [0.4, 0.5) is 5.69 Å². The van der Waals surface area contributed by atoms with Gasteiger partial charge in [-0.05, 0) is 31.2 Å². The summed E-state index contributed by atoms with van der Waals surface area (Å²) in [5.41, 5.74) is 6.59. The number of thiophene rings is 1. The van der Waals surface area contributed by atoms with Gasteiger partial charge < -0.3 is 11.1 Å². The SMILES string of the molecule is Cc1nn(C)c2sc(C(=O)Nc3cccc(S(=O)(=O)NCCN)c3)cc12.Cl. The fourth-order valence-electron chi connectivity index (χ4n) is 2.53. The molecule has 3 aromatic rings. The summed E-state index contributed by atoms with van der Waals surface area (Å²) in [5, 5.41) is 7.99. The highest BCUT2D eigenvalue weighted by Gasteiger charge is 2.17. The van der Waals surface area contributed by atoms with Crippen molar-refractivity contribution in [1.82, 2.24) is 14.5 Å². The van der Waals surface area contributed by atoms with E-state index in [0.29, 0.717) is 10.6 Å². The molecule has 0 saturated heterocycles. The molecule has 27 heavy (non-hydrogen) atoms. The van der Waals surface area contributed by atoms with Crippen molar-refractivity contribution in [2.45, 2.75) is 11.8 Å². The van der Waals surface area contributed by atoms with E-state index in [1.54, 1.807) is 22.9 Å². The first-order valence-electron chi connectivity index (χ1n) is 7.86. The molecular weight excluding hydrogens is 410 g/mol. The molecule has 146 valence electrons. The van der Waals surface area contributed by atoms with E-state index in [0.717, 1.165) is 15.9 Å². The molecular formula is C16H20ClN5O3S2. The Morgan fingerprint density at radius 1 is 1.33 bits per heavy atom. The molecule has 0 unspecified atom stereocenters. The Hall–Kier alpha value is -1.98. The van der Waals surface area contributed by atoms with Crippen LogP contribution in [0.2, 0.25) is 0 Å². The van der Waals surface area contributed by atoms with E-state index in [9.17, 15) is 13.2 Å². The van der Waals surface area contributed by atoms with Crippen LogP contribution in [0.25, 0.3) is 10.2 Å². The number of nitrogens with zero attached hydrogens (tertiary/aromatic N) is 2. The number of fused-ring (bicyclic) bond motifs is 1. The van der Waals surface area contributed by atoms with Crippen molar-refractivity contribution in [3.63, 3.8) is 0 Å². The smallest absolute Gasteiger partial charge is 0.265 e. The minimum Gasteiger partial charge on any atom is -0.329 e. The van der Waals surface area contributed by atoms with Crippen LogP contribution in [0.3, 0.4) is 0 Å². The minimum absolute atomic E-state index is 0. The Morgan fingerprint density at radius 3 is 2.74 bits per heavy atom. The van der Waals surface area contributed by atoms with Gasteiger partial charge in [0.15, 0.2) is 0 Å². The number of carbonyl (C=O) groups is 1. The summed E-state index contributed by atoms with van der Waals surface area (Å²) >= 11 is 1.34. The van der Waals surface area contributed by atoms with Crippen LogP contribution in [0.15, 0.2) is 35.2 Å². The number of amides is 1. The molecule has 0 fully saturated rings. The number of carbonyl (C=O) groups excluding carboxylic acids is 1. The van der Waals surface area contributed by atoms with Crippen LogP contribution in [-0.4, -0.2) is 37.2 Å². The number of aromatic nitrogens is 2. The number of nitrogens with one attached hydrogen (secondary N) is 2. The van der Waals surface area contributed by atoms with Crippen molar-refractivity contribution < 1.29 is 13.2 Å². The summed E-state index contributed by atoms with van der Waals surface area (Å²) in [6, 6.07) is 7.88. The number of nitrogens with two attached hydrogens (primary N) is 1. The predicted octanol–water partition coefficient (Wildman–Crippen LogP) is 1.85. The van der Waals surface area contributed by atoms with Gasteiger partial charge in [-0.2, -0.15) is 5.10 Å². The summed E-state index contributed by atoms with van der Waals surface area (Å²) in [5.74, 6) is -0.296. The summed E-state index contributed by atoms with van der Waals surface area (Å²) in [6.45, 7) is 2.24. The van der Waals surface area contributed by atoms with Crippen LogP contribution >= 0.6 is 23.7 Å². The van der Waals surface area contributed by atoms with E-state index in [1.165, 1.54) is 23.5 Å². The molecule has 3 rings (SSSR count). The number of rotatable bonds is 6. The topological polar surface area (TPSA) is 119 Å². The van der Waals surface area contributed by atoms with E-state index in [4.69, 9.17) is 5.73 Å². The number of hydrogen-bond acceptors (Lipinski definition) is 6. The van der Waals surface area contributed by atoms with Gasteiger partial charge in [-0.3, -0.25) is 9.48 Å². The largest absolute Gasteiger partial charge is 0.329 e. The van der Waals surface area contributed by atoms with Crippen molar-refractivity contribution in [1.29, 1.82) is 0 Å². The molecule has 0 aliphatic heterocycles. The highest BCUT2D eigenvalue weighted by molar-refractivity contribution is 7.89.